The van der Waals surface area contributed by atoms with Gasteiger partial charge in [0.05, 0.1) is 13.7 Å². The van der Waals surface area contributed by atoms with Crippen LogP contribution < -0.4 is 15.0 Å². The highest BCUT2D eigenvalue weighted by atomic mass is 16.6. The molecule has 1 aliphatic rings. The number of aromatic nitrogens is 2. The minimum atomic E-state index is -0.387. The van der Waals surface area contributed by atoms with Crippen LogP contribution in [0.5, 0.6) is 5.75 Å². The number of benzene rings is 2. The van der Waals surface area contributed by atoms with Gasteiger partial charge >= 0.3 is 6.09 Å². The normalized spacial score (nSPS) is 13.2. The zero-order valence-corrected chi connectivity index (χ0v) is 16.3. The SMILES string of the molecule is COc1ccc(-c2noc(CCC(=O)Nc3cccc(N4CCOC4=O)c3)n2)cc1. The Hall–Kier alpha value is -3.88. The lowest BCUT2D eigenvalue weighted by atomic mass is 10.2. The molecular weight excluding hydrogens is 388 g/mol. The summed E-state index contributed by atoms with van der Waals surface area (Å²) < 4.78 is 15.3. The van der Waals surface area contributed by atoms with E-state index in [0.717, 1.165) is 11.3 Å². The van der Waals surface area contributed by atoms with Crippen molar-refractivity contribution in [2.24, 2.45) is 0 Å². The van der Waals surface area contributed by atoms with Gasteiger partial charge in [0.25, 0.3) is 0 Å². The van der Waals surface area contributed by atoms with E-state index in [9.17, 15) is 9.59 Å². The molecule has 1 fully saturated rings. The number of rotatable bonds is 7. The maximum absolute atomic E-state index is 12.3. The van der Waals surface area contributed by atoms with Crippen LogP contribution in [0.25, 0.3) is 11.4 Å². The average molecular weight is 408 g/mol. The highest BCUT2D eigenvalue weighted by Gasteiger charge is 2.23. The van der Waals surface area contributed by atoms with Gasteiger partial charge in [0, 0.05) is 29.8 Å². The van der Waals surface area contributed by atoms with Gasteiger partial charge in [-0.1, -0.05) is 11.2 Å². The minimum absolute atomic E-state index is 0.181. The molecule has 1 aliphatic heterocycles. The van der Waals surface area contributed by atoms with Crippen molar-refractivity contribution < 1.29 is 23.6 Å². The molecule has 2 amide bonds. The molecule has 1 aromatic heterocycles. The summed E-state index contributed by atoms with van der Waals surface area (Å²) in [7, 11) is 1.60. The fraction of sp³-hybridized carbons (Fsp3) is 0.238. The average Bonchev–Trinajstić information content (AvgIpc) is 3.41. The van der Waals surface area contributed by atoms with Gasteiger partial charge in [-0.2, -0.15) is 4.98 Å². The summed E-state index contributed by atoms with van der Waals surface area (Å²) in [6.07, 6.45) is 0.107. The number of anilines is 2. The molecule has 1 saturated heterocycles. The van der Waals surface area contributed by atoms with E-state index in [2.05, 4.69) is 15.5 Å². The first-order chi connectivity index (χ1) is 14.6. The first-order valence-corrected chi connectivity index (χ1v) is 9.43. The van der Waals surface area contributed by atoms with Gasteiger partial charge in [-0.25, -0.2) is 4.79 Å². The number of ether oxygens (including phenoxy) is 2. The molecule has 0 radical (unpaired) electrons. The number of nitrogens with one attached hydrogen (secondary N) is 1. The summed E-state index contributed by atoms with van der Waals surface area (Å²) in [5.74, 6) is 1.38. The van der Waals surface area contributed by atoms with Crippen molar-refractivity contribution in [1.82, 2.24) is 10.1 Å². The fourth-order valence-corrected chi connectivity index (χ4v) is 3.04. The number of carbonyl (C=O) groups is 2. The smallest absolute Gasteiger partial charge is 0.414 e. The van der Waals surface area contributed by atoms with Crippen molar-refractivity contribution in [3.63, 3.8) is 0 Å². The van der Waals surface area contributed by atoms with E-state index >= 15 is 0 Å². The lowest BCUT2D eigenvalue weighted by Gasteiger charge is -2.14. The van der Waals surface area contributed by atoms with Crippen molar-refractivity contribution in [1.29, 1.82) is 0 Å². The van der Waals surface area contributed by atoms with Crippen LogP contribution in [0.1, 0.15) is 12.3 Å². The summed E-state index contributed by atoms with van der Waals surface area (Å²) in [5.41, 5.74) is 2.07. The van der Waals surface area contributed by atoms with Gasteiger partial charge in [0.1, 0.15) is 12.4 Å². The van der Waals surface area contributed by atoms with Crippen molar-refractivity contribution in [3.05, 3.63) is 54.4 Å². The molecule has 9 heteroatoms. The second kappa shape index (κ2) is 8.64. The predicted molar refractivity (Wildman–Crippen MR) is 108 cm³/mol. The number of hydrogen-bond donors (Lipinski definition) is 1. The van der Waals surface area contributed by atoms with Crippen molar-refractivity contribution in [2.45, 2.75) is 12.8 Å². The largest absolute Gasteiger partial charge is 0.497 e. The lowest BCUT2D eigenvalue weighted by Crippen LogP contribution is -2.23. The standard InChI is InChI=1S/C21H20N4O5/c1-28-17-7-5-14(6-8-17)20-23-19(30-24-20)10-9-18(26)22-15-3-2-4-16(13-15)25-11-12-29-21(25)27/h2-8,13H,9-12H2,1H3,(H,22,26). The molecule has 0 spiro atoms. The Morgan fingerprint density at radius 1 is 1.23 bits per heavy atom. The molecule has 4 rings (SSSR count). The maximum atomic E-state index is 12.3. The van der Waals surface area contributed by atoms with Gasteiger partial charge in [-0.05, 0) is 42.5 Å². The topological polar surface area (TPSA) is 107 Å². The zero-order valence-electron chi connectivity index (χ0n) is 16.3. The van der Waals surface area contributed by atoms with Crippen LogP contribution in [-0.2, 0) is 16.0 Å². The van der Waals surface area contributed by atoms with Crippen molar-refractivity contribution >= 4 is 23.4 Å². The number of hydrogen-bond acceptors (Lipinski definition) is 7. The minimum Gasteiger partial charge on any atom is -0.497 e. The summed E-state index contributed by atoms with van der Waals surface area (Å²) in [6.45, 7) is 0.849. The van der Waals surface area contributed by atoms with Gasteiger partial charge in [0.15, 0.2) is 0 Å². The molecule has 0 atom stereocenters. The Bertz CT molecular complexity index is 1050. The van der Waals surface area contributed by atoms with Gasteiger partial charge in [-0.15, -0.1) is 0 Å². The molecule has 0 unspecified atom stereocenters. The number of cyclic esters (lactones) is 1. The van der Waals surface area contributed by atoms with Gasteiger partial charge in [-0.3, -0.25) is 9.69 Å². The molecule has 0 aliphatic carbocycles. The number of nitrogens with zero attached hydrogens (tertiary/aromatic N) is 3. The summed E-state index contributed by atoms with van der Waals surface area (Å²) in [4.78, 5) is 29.9. The van der Waals surface area contributed by atoms with Crippen LogP contribution in [0.15, 0.2) is 53.1 Å². The molecule has 0 saturated carbocycles. The Kier molecular flexibility index (Phi) is 5.60. The van der Waals surface area contributed by atoms with Gasteiger partial charge < -0.3 is 19.3 Å². The van der Waals surface area contributed by atoms with Crippen molar-refractivity contribution in [3.8, 4) is 17.1 Å². The lowest BCUT2D eigenvalue weighted by molar-refractivity contribution is -0.116. The first-order valence-electron chi connectivity index (χ1n) is 9.43. The van der Waals surface area contributed by atoms with E-state index in [-0.39, 0.29) is 18.4 Å². The number of carbonyl (C=O) groups excluding carboxylic acids is 2. The van der Waals surface area contributed by atoms with Crippen LogP contribution in [0.2, 0.25) is 0 Å². The predicted octanol–water partition coefficient (Wildman–Crippen LogP) is 3.27. The first kappa shape index (κ1) is 19.4. The third-order valence-electron chi connectivity index (χ3n) is 4.58. The molecule has 2 aromatic carbocycles. The molecule has 1 N–H and O–H groups in total. The summed E-state index contributed by atoms with van der Waals surface area (Å²) in [5, 5.41) is 6.78. The van der Waals surface area contributed by atoms with Crippen LogP contribution in [0.3, 0.4) is 0 Å². The monoisotopic (exact) mass is 408 g/mol. The zero-order chi connectivity index (χ0) is 20.9. The second-order valence-corrected chi connectivity index (χ2v) is 6.60. The van der Waals surface area contributed by atoms with E-state index in [1.807, 2.05) is 24.3 Å². The Morgan fingerprint density at radius 2 is 2.07 bits per heavy atom. The van der Waals surface area contributed by atoms with Crippen LogP contribution in [0, 0.1) is 0 Å². The Labute approximate surface area is 172 Å². The quantitative estimate of drug-likeness (QED) is 0.639. The summed E-state index contributed by atoms with van der Waals surface area (Å²) in [6, 6.07) is 14.4. The third-order valence-corrected chi connectivity index (χ3v) is 4.58. The number of methoxy groups -OCH3 is 1. The molecule has 2 heterocycles. The van der Waals surface area contributed by atoms with E-state index in [4.69, 9.17) is 14.0 Å². The van der Waals surface area contributed by atoms with Crippen LogP contribution in [-0.4, -0.2) is 42.4 Å². The van der Waals surface area contributed by atoms with Crippen LogP contribution >= 0.6 is 0 Å². The van der Waals surface area contributed by atoms with E-state index in [0.29, 0.717) is 42.7 Å². The van der Waals surface area contributed by atoms with E-state index in [1.165, 1.54) is 4.90 Å². The number of amides is 2. The highest BCUT2D eigenvalue weighted by Crippen LogP contribution is 2.23. The maximum Gasteiger partial charge on any atom is 0.414 e. The third kappa shape index (κ3) is 4.40. The molecule has 154 valence electrons. The molecule has 0 bridgehead atoms. The molecule has 30 heavy (non-hydrogen) atoms. The van der Waals surface area contributed by atoms with E-state index in [1.54, 1.807) is 31.4 Å². The van der Waals surface area contributed by atoms with Crippen molar-refractivity contribution in [2.75, 3.05) is 30.5 Å². The van der Waals surface area contributed by atoms with E-state index < -0.39 is 0 Å². The molecule has 3 aromatic rings. The fourth-order valence-electron chi connectivity index (χ4n) is 3.04. The molecular formula is C21H20N4O5. The highest BCUT2D eigenvalue weighted by molar-refractivity contribution is 5.93. The Morgan fingerprint density at radius 3 is 2.80 bits per heavy atom. The van der Waals surface area contributed by atoms with Crippen LogP contribution in [0.4, 0.5) is 16.2 Å². The Balaban J connectivity index is 1.33. The second-order valence-electron chi connectivity index (χ2n) is 6.60. The van der Waals surface area contributed by atoms with Gasteiger partial charge in [0.2, 0.25) is 17.6 Å². The summed E-state index contributed by atoms with van der Waals surface area (Å²) >= 11 is 0. The molecule has 9 nitrogen and oxygen atoms in total. The number of aryl methyl sites for hydroxylation is 1.